The molecule has 0 aliphatic carbocycles. The third kappa shape index (κ3) is 2.50. The van der Waals surface area contributed by atoms with Gasteiger partial charge in [-0.2, -0.15) is 12.6 Å². The van der Waals surface area contributed by atoms with Crippen LogP contribution < -0.4 is 5.32 Å². The number of carbonyl (C=O) groups excluding carboxylic acids is 1. The largest absolute Gasteiger partial charge is 0.478 e. The van der Waals surface area contributed by atoms with Gasteiger partial charge in [0.15, 0.2) is 0 Å². The zero-order valence-electron chi connectivity index (χ0n) is 7.23. The molecule has 2 N–H and O–H groups in total. The number of anilines is 1. The Morgan fingerprint density at radius 1 is 1.36 bits per heavy atom. The number of aromatic carboxylic acids is 1. The van der Waals surface area contributed by atoms with Crippen LogP contribution in [0, 0.1) is 0 Å². The quantitative estimate of drug-likeness (QED) is 0.659. The lowest BCUT2D eigenvalue weighted by atomic mass is 10.2. The molecule has 5 heteroatoms. The summed E-state index contributed by atoms with van der Waals surface area (Å²) in [7, 11) is 0. The van der Waals surface area contributed by atoms with Crippen LogP contribution in [0.3, 0.4) is 0 Å². The predicted molar refractivity (Wildman–Crippen MR) is 55.9 cm³/mol. The molecule has 1 amide bonds. The first-order valence-corrected chi connectivity index (χ1v) is 4.51. The monoisotopic (exact) mass is 211 g/mol. The number of thiol groups is 1. The van der Waals surface area contributed by atoms with Crippen LogP contribution in [0.4, 0.5) is 5.69 Å². The summed E-state index contributed by atoms with van der Waals surface area (Å²) < 4.78 is 0. The second-order valence-electron chi connectivity index (χ2n) is 2.56. The van der Waals surface area contributed by atoms with Gasteiger partial charge >= 0.3 is 5.97 Å². The van der Waals surface area contributed by atoms with Crippen molar-refractivity contribution in [2.45, 2.75) is 0 Å². The molecular formula is C9H9NO3S. The molecule has 0 aromatic heterocycles. The first-order valence-electron chi connectivity index (χ1n) is 3.88. The fraction of sp³-hybridized carbons (Fsp3) is 0.111. The molecule has 0 heterocycles. The number of rotatable bonds is 3. The minimum atomic E-state index is -1.07. The lowest BCUT2D eigenvalue weighted by molar-refractivity contribution is -0.113. The lowest BCUT2D eigenvalue weighted by Gasteiger charge is -2.06. The number of benzene rings is 1. The van der Waals surface area contributed by atoms with Gasteiger partial charge in [-0.05, 0) is 12.1 Å². The van der Waals surface area contributed by atoms with Gasteiger partial charge in [-0.25, -0.2) is 4.79 Å². The zero-order valence-corrected chi connectivity index (χ0v) is 8.12. The van der Waals surface area contributed by atoms with E-state index in [1.807, 2.05) is 0 Å². The molecule has 0 unspecified atom stereocenters. The van der Waals surface area contributed by atoms with Crippen LogP contribution in [0.5, 0.6) is 0 Å². The normalized spacial score (nSPS) is 9.50. The van der Waals surface area contributed by atoms with E-state index < -0.39 is 5.97 Å². The van der Waals surface area contributed by atoms with Crippen molar-refractivity contribution in [2.24, 2.45) is 0 Å². The van der Waals surface area contributed by atoms with Crippen LogP contribution in [0.2, 0.25) is 0 Å². The van der Waals surface area contributed by atoms with Gasteiger partial charge in [0.1, 0.15) is 0 Å². The summed E-state index contributed by atoms with van der Waals surface area (Å²) in [6.45, 7) is 0. The van der Waals surface area contributed by atoms with E-state index in [9.17, 15) is 9.59 Å². The Morgan fingerprint density at radius 2 is 2.00 bits per heavy atom. The van der Waals surface area contributed by atoms with E-state index in [1.54, 1.807) is 12.1 Å². The molecule has 0 aliphatic rings. The number of nitrogens with one attached hydrogen (secondary N) is 1. The number of amides is 1. The summed E-state index contributed by atoms with van der Waals surface area (Å²) in [4.78, 5) is 21.7. The van der Waals surface area contributed by atoms with E-state index in [0.29, 0.717) is 5.69 Å². The fourth-order valence-corrected chi connectivity index (χ4v) is 1.05. The highest BCUT2D eigenvalue weighted by Gasteiger charge is 2.10. The van der Waals surface area contributed by atoms with Crippen molar-refractivity contribution >= 4 is 30.2 Å². The second-order valence-corrected chi connectivity index (χ2v) is 2.87. The summed E-state index contributed by atoms with van der Waals surface area (Å²) in [5.74, 6) is -1.38. The van der Waals surface area contributed by atoms with Crippen LogP contribution in [-0.2, 0) is 4.79 Å². The first kappa shape index (κ1) is 10.6. The van der Waals surface area contributed by atoms with Gasteiger partial charge in [-0.1, -0.05) is 12.1 Å². The van der Waals surface area contributed by atoms with Gasteiger partial charge in [-0.15, -0.1) is 0 Å². The number of carboxylic acid groups (broad SMARTS) is 1. The molecule has 1 rings (SSSR count). The first-order chi connectivity index (χ1) is 6.65. The van der Waals surface area contributed by atoms with Crippen LogP contribution in [0.25, 0.3) is 0 Å². The molecule has 0 saturated heterocycles. The van der Waals surface area contributed by atoms with E-state index in [4.69, 9.17) is 5.11 Å². The lowest BCUT2D eigenvalue weighted by Crippen LogP contribution is -2.15. The highest BCUT2D eigenvalue weighted by Crippen LogP contribution is 2.14. The van der Waals surface area contributed by atoms with Crippen LogP contribution in [0.1, 0.15) is 10.4 Å². The minimum Gasteiger partial charge on any atom is -0.478 e. The zero-order chi connectivity index (χ0) is 10.6. The highest BCUT2D eigenvalue weighted by molar-refractivity contribution is 7.81. The van der Waals surface area contributed by atoms with E-state index in [-0.39, 0.29) is 17.2 Å². The SMILES string of the molecule is O=C(CS)Nc1ccccc1C(=O)O. The van der Waals surface area contributed by atoms with E-state index >= 15 is 0 Å². The Balaban J connectivity index is 2.95. The Kier molecular flexibility index (Phi) is 3.53. The number of hydrogen-bond donors (Lipinski definition) is 3. The minimum absolute atomic E-state index is 0.0218. The van der Waals surface area contributed by atoms with Crippen molar-refractivity contribution in [1.82, 2.24) is 0 Å². The molecule has 0 aliphatic heterocycles. The summed E-state index contributed by atoms with van der Waals surface area (Å²) in [6, 6.07) is 6.21. The molecule has 14 heavy (non-hydrogen) atoms. The van der Waals surface area contributed by atoms with Gasteiger partial charge < -0.3 is 10.4 Å². The predicted octanol–water partition coefficient (Wildman–Crippen LogP) is 1.25. The maximum Gasteiger partial charge on any atom is 0.337 e. The molecule has 4 nitrogen and oxygen atoms in total. The fourth-order valence-electron chi connectivity index (χ4n) is 0.968. The third-order valence-electron chi connectivity index (χ3n) is 1.58. The van der Waals surface area contributed by atoms with Crippen LogP contribution in [0.15, 0.2) is 24.3 Å². The molecule has 0 bridgehead atoms. The second kappa shape index (κ2) is 4.66. The maximum atomic E-state index is 11.0. The molecule has 74 valence electrons. The Hall–Kier alpha value is -1.49. The number of carbonyl (C=O) groups is 2. The molecule has 0 saturated carbocycles. The summed E-state index contributed by atoms with van der Waals surface area (Å²) in [5, 5.41) is 11.2. The Labute approximate surface area is 86.3 Å². The Bertz CT molecular complexity index is 365. The van der Waals surface area contributed by atoms with Crippen molar-refractivity contribution in [2.75, 3.05) is 11.1 Å². The number of para-hydroxylation sites is 1. The van der Waals surface area contributed by atoms with Gasteiger partial charge in [0, 0.05) is 0 Å². The van der Waals surface area contributed by atoms with Crippen molar-refractivity contribution in [3.63, 3.8) is 0 Å². The molecule has 0 radical (unpaired) electrons. The van der Waals surface area contributed by atoms with Gasteiger partial charge in [0.25, 0.3) is 0 Å². The molecular weight excluding hydrogens is 202 g/mol. The van der Waals surface area contributed by atoms with Crippen LogP contribution >= 0.6 is 12.6 Å². The van der Waals surface area contributed by atoms with Gasteiger partial charge in [0.05, 0.1) is 17.0 Å². The average Bonchev–Trinajstić information content (AvgIpc) is 2.18. The van der Waals surface area contributed by atoms with E-state index in [1.165, 1.54) is 12.1 Å². The summed E-state index contributed by atoms with van der Waals surface area (Å²) in [6.07, 6.45) is 0. The maximum absolute atomic E-state index is 11.0. The van der Waals surface area contributed by atoms with Crippen LogP contribution in [-0.4, -0.2) is 22.7 Å². The van der Waals surface area contributed by atoms with Gasteiger partial charge in [-0.3, -0.25) is 4.79 Å². The Morgan fingerprint density at radius 3 is 2.57 bits per heavy atom. The smallest absolute Gasteiger partial charge is 0.337 e. The standard InChI is InChI=1S/C9H9NO3S/c11-8(5-14)10-7-4-2-1-3-6(7)9(12)13/h1-4,14H,5H2,(H,10,11)(H,12,13). The molecule has 1 aromatic rings. The highest BCUT2D eigenvalue weighted by atomic mass is 32.1. The topological polar surface area (TPSA) is 66.4 Å². The molecule has 0 atom stereocenters. The summed E-state index contributed by atoms with van der Waals surface area (Å²) in [5.41, 5.74) is 0.363. The molecule has 1 aromatic carbocycles. The van der Waals surface area contributed by atoms with Crippen molar-refractivity contribution < 1.29 is 14.7 Å². The van der Waals surface area contributed by atoms with E-state index in [2.05, 4.69) is 17.9 Å². The number of carboxylic acids is 1. The number of hydrogen-bond acceptors (Lipinski definition) is 3. The van der Waals surface area contributed by atoms with Crippen molar-refractivity contribution in [3.05, 3.63) is 29.8 Å². The summed E-state index contributed by atoms with van der Waals surface area (Å²) >= 11 is 3.77. The van der Waals surface area contributed by atoms with E-state index in [0.717, 1.165) is 0 Å². The third-order valence-corrected chi connectivity index (χ3v) is 1.86. The van der Waals surface area contributed by atoms with Crippen molar-refractivity contribution in [1.29, 1.82) is 0 Å². The average molecular weight is 211 g/mol. The van der Waals surface area contributed by atoms with Gasteiger partial charge in [0.2, 0.25) is 5.91 Å². The molecule has 0 fully saturated rings. The van der Waals surface area contributed by atoms with Crippen molar-refractivity contribution in [3.8, 4) is 0 Å². The molecule has 0 spiro atoms.